The number of carbonyl (C=O) groups excluding carboxylic acids is 1. The lowest BCUT2D eigenvalue weighted by Gasteiger charge is -2.17. The number of benzene rings is 2. The van der Waals surface area contributed by atoms with Crippen LogP contribution >= 0.6 is 11.6 Å². The van der Waals surface area contributed by atoms with Crippen molar-refractivity contribution < 1.29 is 22.4 Å². The zero-order chi connectivity index (χ0) is 20.4. The van der Waals surface area contributed by atoms with Crippen LogP contribution in [-0.4, -0.2) is 36.9 Å². The number of esters is 1. The van der Waals surface area contributed by atoms with Crippen LogP contribution in [0.1, 0.15) is 22.7 Å². The van der Waals surface area contributed by atoms with Crippen LogP contribution in [0.4, 0.5) is 5.69 Å². The van der Waals surface area contributed by atoms with Gasteiger partial charge in [0.05, 0.1) is 17.0 Å². The van der Waals surface area contributed by atoms with Gasteiger partial charge in [0.15, 0.2) is 6.61 Å². The van der Waals surface area contributed by atoms with Crippen molar-refractivity contribution >= 4 is 33.3 Å². The molecule has 2 heterocycles. The van der Waals surface area contributed by atoms with Gasteiger partial charge < -0.3 is 9.15 Å². The third-order valence-corrected chi connectivity index (χ3v) is 6.48. The van der Waals surface area contributed by atoms with Gasteiger partial charge in [-0.1, -0.05) is 17.7 Å². The minimum Gasteiger partial charge on any atom is -0.452 e. The minimum atomic E-state index is -3.32. The molecule has 0 bridgehead atoms. The molecule has 8 nitrogen and oxygen atoms in total. The molecule has 1 aromatic heterocycles. The summed E-state index contributed by atoms with van der Waals surface area (Å²) < 4.78 is 36.2. The summed E-state index contributed by atoms with van der Waals surface area (Å²) in [6.45, 7) is 0.196. The molecule has 0 saturated carbocycles. The van der Waals surface area contributed by atoms with Crippen molar-refractivity contribution in [1.29, 1.82) is 0 Å². The maximum Gasteiger partial charge on any atom is 0.338 e. The molecular weight excluding hydrogens is 418 g/mol. The lowest BCUT2D eigenvalue weighted by molar-refractivity contribution is 0.0438. The molecule has 0 amide bonds. The van der Waals surface area contributed by atoms with Crippen molar-refractivity contribution in [2.75, 3.05) is 16.6 Å². The van der Waals surface area contributed by atoms with Gasteiger partial charge in [0.25, 0.3) is 5.89 Å². The molecule has 1 saturated heterocycles. The number of sulfonamides is 1. The summed E-state index contributed by atoms with van der Waals surface area (Å²) >= 11 is 5.85. The number of aromatic nitrogens is 2. The van der Waals surface area contributed by atoms with Crippen molar-refractivity contribution in [3.63, 3.8) is 0 Å². The third kappa shape index (κ3) is 4.25. The highest BCUT2D eigenvalue weighted by atomic mass is 35.5. The summed E-state index contributed by atoms with van der Waals surface area (Å²) in [5, 5.41) is 8.38. The first-order chi connectivity index (χ1) is 13.9. The number of ether oxygens (including phenoxy) is 1. The Hall–Kier alpha value is -2.91. The molecular formula is C19H16ClN3O5S. The van der Waals surface area contributed by atoms with Gasteiger partial charge in [-0.2, -0.15) is 0 Å². The Labute approximate surface area is 172 Å². The summed E-state index contributed by atoms with van der Waals surface area (Å²) in [7, 11) is -3.32. The van der Waals surface area contributed by atoms with E-state index in [1.807, 2.05) is 0 Å². The first-order valence-electron chi connectivity index (χ1n) is 8.78. The SMILES string of the molecule is O=C(OCc1nnc(-c2ccc(Cl)cc2)o1)c1cccc(N2CCCS2(=O)=O)c1. The van der Waals surface area contributed by atoms with E-state index in [-0.39, 0.29) is 29.7 Å². The van der Waals surface area contributed by atoms with Crippen LogP contribution in [0.15, 0.2) is 52.9 Å². The number of hydrogen-bond donors (Lipinski definition) is 0. The number of nitrogens with zero attached hydrogens (tertiary/aromatic N) is 3. The number of rotatable bonds is 5. The zero-order valence-corrected chi connectivity index (χ0v) is 16.7. The summed E-state index contributed by atoms with van der Waals surface area (Å²) in [6.07, 6.45) is 0.560. The van der Waals surface area contributed by atoms with Crippen molar-refractivity contribution in [3.8, 4) is 11.5 Å². The molecule has 3 aromatic rings. The molecule has 0 radical (unpaired) electrons. The molecule has 29 heavy (non-hydrogen) atoms. The first-order valence-corrected chi connectivity index (χ1v) is 10.8. The summed E-state index contributed by atoms with van der Waals surface area (Å²) in [4.78, 5) is 12.4. The quantitative estimate of drug-likeness (QED) is 0.569. The predicted molar refractivity (Wildman–Crippen MR) is 106 cm³/mol. The molecule has 0 N–H and O–H groups in total. The molecule has 0 spiro atoms. The largest absolute Gasteiger partial charge is 0.452 e. The van der Waals surface area contributed by atoms with Gasteiger partial charge in [-0.25, -0.2) is 13.2 Å². The molecule has 0 unspecified atom stereocenters. The maximum absolute atomic E-state index is 12.4. The van der Waals surface area contributed by atoms with E-state index in [4.69, 9.17) is 20.8 Å². The molecule has 2 aromatic carbocycles. The molecule has 1 fully saturated rings. The molecule has 1 aliphatic heterocycles. The monoisotopic (exact) mass is 433 g/mol. The second-order valence-corrected chi connectivity index (χ2v) is 8.83. The van der Waals surface area contributed by atoms with E-state index in [1.165, 1.54) is 10.4 Å². The average Bonchev–Trinajstić information content (AvgIpc) is 3.32. The van der Waals surface area contributed by atoms with Gasteiger partial charge in [0, 0.05) is 17.1 Å². The lowest BCUT2D eigenvalue weighted by Crippen LogP contribution is -2.25. The fourth-order valence-electron chi connectivity index (χ4n) is 2.95. The van der Waals surface area contributed by atoms with Gasteiger partial charge in [-0.3, -0.25) is 4.31 Å². The fourth-order valence-corrected chi connectivity index (χ4v) is 4.63. The Balaban J connectivity index is 1.43. The molecule has 1 aliphatic rings. The number of hydrogen-bond acceptors (Lipinski definition) is 7. The third-order valence-electron chi connectivity index (χ3n) is 4.35. The van der Waals surface area contributed by atoms with E-state index >= 15 is 0 Å². The summed E-state index contributed by atoms with van der Waals surface area (Å²) in [5.74, 6) is -0.0837. The lowest BCUT2D eigenvalue weighted by atomic mass is 10.2. The zero-order valence-electron chi connectivity index (χ0n) is 15.1. The molecule has 4 rings (SSSR count). The van der Waals surface area contributed by atoms with Crippen LogP contribution < -0.4 is 4.31 Å². The predicted octanol–water partition coefficient (Wildman–Crippen LogP) is 3.29. The Morgan fingerprint density at radius 1 is 1.17 bits per heavy atom. The molecule has 0 atom stereocenters. The molecule has 150 valence electrons. The minimum absolute atomic E-state index is 0.106. The van der Waals surface area contributed by atoms with Gasteiger partial charge in [-0.15, -0.1) is 10.2 Å². The molecule has 0 aliphatic carbocycles. The second kappa shape index (κ2) is 7.84. The van der Waals surface area contributed by atoms with E-state index in [1.54, 1.807) is 42.5 Å². The normalized spacial score (nSPS) is 15.4. The average molecular weight is 434 g/mol. The van der Waals surface area contributed by atoms with E-state index in [2.05, 4.69) is 10.2 Å². The topological polar surface area (TPSA) is 103 Å². The maximum atomic E-state index is 12.4. The highest BCUT2D eigenvalue weighted by molar-refractivity contribution is 7.93. The second-order valence-electron chi connectivity index (χ2n) is 6.38. The number of halogens is 1. The standard InChI is InChI=1S/C19H16ClN3O5S/c20-15-7-5-13(6-8-15)18-22-21-17(28-18)12-27-19(24)14-3-1-4-16(11-14)23-9-2-10-29(23,25)26/h1,3-8,11H,2,9-10,12H2. The Morgan fingerprint density at radius 2 is 1.97 bits per heavy atom. The Morgan fingerprint density at radius 3 is 2.69 bits per heavy atom. The van der Waals surface area contributed by atoms with Crippen molar-refractivity contribution in [1.82, 2.24) is 10.2 Å². The fraction of sp³-hybridized carbons (Fsp3) is 0.211. The number of carbonyl (C=O) groups is 1. The van der Waals surface area contributed by atoms with Crippen LogP contribution in [0.25, 0.3) is 11.5 Å². The molecule has 10 heteroatoms. The Kier molecular flexibility index (Phi) is 5.25. The highest BCUT2D eigenvalue weighted by Gasteiger charge is 2.28. The van der Waals surface area contributed by atoms with E-state index in [0.29, 0.717) is 29.2 Å². The summed E-state index contributed by atoms with van der Waals surface area (Å²) in [5.41, 5.74) is 1.38. The van der Waals surface area contributed by atoms with E-state index < -0.39 is 16.0 Å². The highest BCUT2D eigenvalue weighted by Crippen LogP contribution is 2.25. The van der Waals surface area contributed by atoms with Crippen molar-refractivity contribution in [2.45, 2.75) is 13.0 Å². The van der Waals surface area contributed by atoms with Gasteiger partial charge in [-0.05, 0) is 48.9 Å². The van der Waals surface area contributed by atoms with Crippen LogP contribution in [-0.2, 0) is 21.4 Å². The smallest absolute Gasteiger partial charge is 0.338 e. The van der Waals surface area contributed by atoms with Gasteiger partial charge in [0.1, 0.15) is 0 Å². The van der Waals surface area contributed by atoms with Crippen molar-refractivity contribution in [3.05, 3.63) is 65.0 Å². The van der Waals surface area contributed by atoms with Crippen LogP contribution in [0.2, 0.25) is 5.02 Å². The van der Waals surface area contributed by atoms with E-state index in [9.17, 15) is 13.2 Å². The Bertz CT molecular complexity index is 1140. The summed E-state index contributed by atoms with van der Waals surface area (Å²) in [6, 6.07) is 13.2. The van der Waals surface area contributed by atoms with Crippen molar-refractivity contribution in [2.24, 2.45) is 0 Å². The van der Waals surface area contributed by atoms with Crippen LogP contribution in [0.3, 0.4) is 0 Å². The van der Waals surface area contributed by atoms with Gasteiger partial charge >= 0.3 is 5.97 Å². The van der Waals surface area contributed by atoms with Crippen LogP contribution in [0.5, 0.6) is 0 Å². The number of anilines is 1. The van der Waals surface area contributed by atoms with E-state index in [0.717, 1.165) is 0 Å². The van der Waals surface area contributed by atoms with Gasteiger partial charge in [0.2, 0.25) is 15.9 Å². The van der Waals surface area contributed by atoms with Crippen LogP contribution in [0, 0.1) is 0 Å². The first kappa shape index (κ1) is 19.4.